The van der Waals surface area contributed by atoms with Crippen molar-refractivity contribution in [2.45, 2.75) is 19.4 Å². The fourth-order valence-electron chi connectivity index (χ4n) is 3.62. The van der Waals surface area contributed by atoms with Crippen LogP contribution in [-0.4, -0.2) is 45.5 Å². The van der Waals surface area contributed by atoms with Crippen molar-refractivity contribution in [3.8, 4) is 5.75 Å². The highest BCUT2D eigenvalue weighted by atomic mass is 35.5. The number of anilines is 2. The molecule has 2 heterocycles. The lowest BCUT2D eigenvalue weighted by molar-refractivity contribution is -0.124. The summed E-state index contributed by atoms with van der Waals surface area (Å²) < 4.78 is 5.47. The molecule has 1 aliphatic rings. The average Bonchev–Trinajstić information content (AvgIpc) is 3.09. The number of pyridine rings is 1. The molecule has 11 heteroatoms. The second kappa shape index (κ2) is 11.1. The van der Waals surface area contributed by atoms with Crippen LogP contribution < -0.4 is 20.4 Å². The maximum atomic E-state index is 13.5. The normalized spacial score (nSPS) is 15.1. The van der Waals surface area contributed by atoms with Gasteiger partial charge < -0.3 is 10.1 Å². The van der Waals surface area contributed by atoms with E-state index in [0.717, 1.165) is 0 Å². The lowest BCUT2D eigenvalue weighted by Gasteiger charge is -2.24. The number of nitrogens with zero attached hydrogens (tertiary/aromatic N) is 3. The third-order valence-electron chi connectivity index (χ3n) is 5.27. The molecule has 0 radical (unpaired) electrons. The molecule has 36 heavy (non-hydrogen) atoms. The maximum Gasteiger partial charge on any atom is 0.269 e. The first kappa shape index (κ1) is 25.1. The standard InChI is InChI=1S/C25H22ClN5O4S/c1-2-35-20-5-3-4-18(14-20)28-22(32)15-21-24(34)30(19-8-6-17(26)7-9-19)25(36)31(21)29-23(33)16-10-12-27-13-11-16/h3-14,21H,2,15H2,1H3,(H,28,32)(H,29,33). The largest absolute Gasteiger partial charge is 0.494 e. The van der Waals surface area contributed by atoms with Crippen molar-refractivity contribution >= 4 is 58.0 Å². The van der Waals surface area contributed by atoms with Crippen molar-refractivity contribution in [1.82, 2.24) is 15.4 Å². The Labute approximate surface area is 218 Å². The number of ether oxygens (including phenoxy) is 1. The van der Waals surface area contributed by atoms with Gasteiger partial charge in [0.15, 0.2) is 0 Å². The van der Waals surface area contributed by atoms with E-state index in [9.17, 15) is 14.4 Å². The molecule has 9 nitrogen and oxygen atoms in total. The number of carbonyl (C=O) groups is 3. The Bertz CT molecular complexity index is 1290. The van der Waals surface area contributed by atoms with E-state index < -0.39 is 23.8 Å². The summed E-state index contributed by atoms with van der Waals surface area (Å²) >= 11 is 11.5. The van der Waals surface area contributed by atoms with Crippen LogP contribution in [0.2, 0.25) is 5.02 Å². The van der Waals surface area contributed by atoms with Crippen LogP contribution in [0.5, 0.6) is 5.75 Å². The molecular formula is C25H22ClN5O4S. The second-order valence-electron chi connectivity index (χ2n) is 7.71. The summed E-state index contributed by atoms with van der Waals surface area (Å²) in [5.41, 5.74) is 3.97. The molecule has 2 aromatic carbocycles. The fraction of sp³-hybridized carbons (Fsp3) is 0.160. The monoisotopic (exact) mass is 523 g/mol. The van der Waals surface area contributed by atoms with E-state index in [2.05, 4.69) is 15.7 Å². The van der Waals surface area contributed by atoms with E-state index in [-0.39, 0.29) is 11.5 Å². The summed E-state index contributed by atoms with van der Waals surface area (Å²) in [5.74, 6) is -0.796. The van der Waals surface area contributed by atoms with Gasteiger partial charge in [-0.3, -0.25) is 29.7 Å². The van der Waals surface area contributed by atoms with Crippen LogP contribution in [0.4, 0.5) is 11.4 Å². The SMILES string of the molecule is CCOc1cccc(NC(=O)CC2C(=O)N(c3ccc(Cl)cc3)C(=S)N2NC(=O)c2ccncc2)c1. The Hall–Kier alpha value is -4.02. The Morgan fingerprint density at radius 2 is 1.83 bits per heavy atom. The molecule has 2 N–H and O–H groups in total. The van der Waals surface area contributed by atoms with Crippen LogP contribution in [0.1, 0.15) is 23.7 Å². The van der Waals surface area contributed by atoms with Gasteiger partial charge in [-0.15, -0.1) is 0 Å². The number of carbonyl (C=O) groups excluding carboxylic acids is 3. The fourth-order valence-corrected chi connectivity index (χ4v) is 4.12. The van der Waals surface area contributed by atoms with Gasteiger partial charge in [-0.05, 0) is 67.7 Å². The van der Waals surface area contributed by atoms with Crippen LogP contribution in [-0.2, 0) is 9.59 Å². The Balaban J connectivity index is 1.58. The summed E-state index contributed by atoms with van der Waals surface area (Å²) in [5, 5.41) is 4.53. The maximum absolute atomic E-state index is 13.5. The second-order valence-corrected chi connectivity index (χ2v) is 8.51. The molecule has 1 fully saturated rings. The van der Waals surface area contributed by atoms with Crippen molar-refractivity contribution in [3.05, 3.63) is 83.6 Å². The van der Waals surface area contributed by atoms with E-state index in [0.29, 0.717) is 34.3 Å². The van der Waals surface area contributed by atoms with Gasteiger partial charge in [-0.1, -0.05) is 17.7 Å². The van der Waals surface area contributed by atoms with Gasteiger partial charge in [-0.2, -0.15) is 0 Å². The zero-order valence-electron chi connectivity index (χ0n) is 19.2. The highest BCUT2D eigenvalue weighted by Gasteiger charge is 2.45. The van der Waals surface area contributed by atoms with Crippen molar-refractivity contribution in [3.63, 3.8) is 0 Å². The first-order valence-electron chi connectivity index (χ1n) is 11.0. The smallest absolute Gasteiger partial charge is 0.269 e. The van der Waals surface area contributed by atoms with Crippen molar-refractivity contribution in [1.29, 1.82) is 0 Å². The number of thiocarbonyl (C=S) groups is 1. The van der Waals surface area contributed by atoms with Crippen molar-refractivity contribution < 1.29 is 19.1 Å². The molecule has 0 bridgehead atoms. The van der Waals surface area contributed by atoms with Gasteiger partial charge in [0.2, 0.25) is 11.0 Å². The van der Waals surface area contributed by atoms with Crippen LogP contribution in [0.3, 0.4) is 0 Å². The van der Waals surface area contributed by atoms with Gasteiger partial charge in [-0.25, -0.2) is 5.01 Å². The minimum Gasteiger partial charge on any atom is -0.494 e. The highest BCUT2D eigenvalue weighted by Crippen LogP contribution is 2.28. The molecule has 4 rings (SSSR count). The van der Waals surface area contributed by atoms with Crippen LogP contribution >= 0.6 is 23.8 Å². The summed E-state index contributed by atoms with van der Waals surface area (Å²) in [4.78, 5) is 44.4. The number of amides is 3. The summed E-state index contributed by atoms with van der Waals surface area (Å²) in [6, 6.07) is 15.4. The first-order valence-corrected chi connectivity index (χ1v) is 11.8. The number of hydrogen-bond donors (Lipinski definition) is 2. The number of halogens is 1. The van der Waals surface area contributed by atoms with E-state index in [1.807, 2.05) is 6.92 Å². The molecule has 1 aromatic heterocycles. The summed E-state index contributed by atoms with van der Waals surface area (Å²) in [6.45, 7) is 2.35. The predicted molar refractivity (Wildman–Crippen MR) is 140 cm³/mol. The van der Waals surface area contributed by atoms with Gasteiger partial charge in [0.05, 0.1) is 18.7 Å². The van der Waals surface area contributed by atoms with E-state index in [1.54, 1.807) is 48.5 Å². The number of hydrogen-bond acceptors (Lipinski definition) is 6. The molecule has 3 aromatic rings. The first-order chi connectivity index (χ1) is 17.4. The van der Waals surface area contributed by atoms with Crippen LogP contribution in [0, 0.1) is 0 Å². The quantitative estimate of drug-likeness (QED) is 0.433. The third-order valence-corrected chi connectivity index (χ3v) is 5.90. The van der Waals surface area contributed by atoms with Gasteiger partial charge in [0.1, 0.15) is 11.8 Å². The Morgan fingerprint density at radius 3 is 2.53 bits per heavy atom. The van der Waals surface area contributed by atoms with Crippen LogP contribution in [0.25, 0.3) is 0 Å². The summed E-state index contributed by atoms with van der Waals surface area (Å²) in [7, 11) is 0. The van der Waals surface area contributed by atoms with E-state index in [1.165, 1.54) is 34.4 Å². The van der Waals surface area contributed by atoms with Gasteiger partial charge in [0, 0.05) is 34.7 Å². The molecule has 0 spiro atoms. The number of hydrazine groups is 1. The molecule has 184 valence electrons. The Morgan fingerprint density at radius 1 is 1.11 bits per heavy atom. The molecular weight excluding hydrogens is 502 g/mol. The van der Waals surface area contributed by atoms with Crippen LogP contribution in [0.15, 0.2) is 73.1 Å². The third kappa shape index (κ3) is 5.61. The zero-order valence-corrected chi connectivity index (χ0v) is 20.8. The molecule has 3 amide bonds. The predicted octanol–water partition coefficient (Wildman–Crippen LogP) is 3.81. The zero-order chi connectivity index (χ0) is 25.7. The number of aromatic nitrogens is 1. The molecule has 1 unspecified atom stereocenters. The number of nitrogens with one attached hydrogen (secondary N) is 2. The summed E-state index contributed by atoms with van der Waals surface area (Å²) in [6.07, 6.45) is 2.69. The van der Waals surface area contributed by atoms with Gasteiger partial charge >= 0.3 is 0 Å². The van der Waals surface area contributed by atoms with Crippen molar-refractivity contribution in [2.24, 2.45) is 0 Å². The molecule has 0 aliphatic carbocycles. The lowest BCUT2D eigenvalue weighted by Crippen LogP contribution is -2.49. The lowest BCUT2D eigenvalue weighted by atomic mass is 10.1. The topological polar surface area (TPSA) is 104 Å². The molecule has 1 saturated heterocycles. The van der Waals surface area contributed by atoms with E-state index in [4.69, 9.17) is 28.6 Å². The average molecular weight is 524 g/mol. The highest BCUT2D eigenvalue weighted by molar-refractivity contribution is 7.80. The number of rotatable bonds is 8. The minimum absolute atomic E-state index is 0.0286. The Kier molecular flexibility index (Phi) is 7.77. The van der Waals surface area contributed by atoms with Gasteiger partial charge in [0.25, 0.3) is 11.8 Å². The minimum atomic E-state index is -1.07. The molecule has 1 atom stereocenters. The molecule has 0 saturated carbocycles. The van der Waals surface area contributed by atoms with E-state index >= 15 is 0 Å². The number of benzene rings is 2. The molecule has 1 aliphatic heterocycles. The van der Waals surface area contributed by atoms with Crippen molar-refractivity contribution in [2.75, 3.05) is 16.8 Å².